The van der Waals surface area contributed by atoms with Crippen molar-refractivity contribution in [2.75, 3.05) is 52.5 Å². The molecular weight excluding hydrogens is 616 g/mol. The topological polar surface area (TPSA) is 138 Å². The number of cyclic esters (lactones) is 1. The van der Waals surface area contributed by atoms with Gasteiger partial charge in [-0.05, 0) is 24.8 Å². The molecule has 1 spiro atoms. The van der Waals surface area contributed by atoms with Crippen molar-refractivity contribution in [3.63, 3.8) is 0 Å². The molecule has 6 rings (SSSR count). The maximum atomic E-state index is 14.8. The molecule has 0 bridgehead atoms. The molecule has 12 heteroatoms. The molecule has 8 atom stereocenters. The van der Waals surface area contributed by atoms with Crippen molar-refractivity contribution in [1.82, 2.24) is 20.0 Å². The first kappa shape index (κ1) is 34.3. The van der Waals surface area contributed by atoms with E-state index in [1.165, 1.54) is 4.90 Å². The van der Waals surface area contributed by atoms with Crippen molar-refractivity contribution in [2.45, 2.75) is 69.5 Å². The van der Waals surface area contributed by atoms with Gasteiger partial charge in [0.15, 0.2) is 0 Å². The monoisotopic (exact) mass is 664 g/mol. The van der Waals surface area contributed by atoms with Crippen LogP contribution in [0.15, 0.2) is 54.6 Å². The Morgan fingerprint density at radius 3 is 2.48 bits per heavy atom. The van der Waals surface area contributed by atoms with E-state index in [9.17, 15) is 24.3 Å². The zero-order valence-electron chi connectivity index (χ0n) is 28.0. The molecule has 0 radical (unpaired) electrons. The Morgan fingerprint density at radius 2 is 1.77 bits per heavy atom. The Hall–Kier alpha value is -3.58. The van der Waals surface area contributed by atoms with E-state index in [0.717, 1.165) is 13.1 Å². The number of benzene rings is 1. The fourth-order valence-electron chi connectivity index (χ4n) is 7.96. The van der Waals surface area contributed by atoms with Gasteiger partial charge >= 0.3 is 5.97 Å². The summed E-state index contributed by atoms with van der Waals surface area (Å²) in [6.07, 6.45) is 6.11. The molecule has 12 nitrogen and oxygen atoms in total. The van der Waals surface area contributed by atoms with E-state index in [1.54, 1.807) is 30.1 Å². The largest absolute Gasteiger partial charge is 0.455 e. The predicted octanol–water partition coefficient (Wildman–Crippen LogP) is 1.45. The van der Waals surface area contributed by atoms with Crippen molar-refractivity contribution in [3.8, 4) is 0 Å². The summed E-state index contributed by atoms with van der Waals surface area (Å²) < 4.78 is 18.6. The lowest BCUT2D eigenvalue weighted by molar-refractivity contribution is -0.162. The van der Waals surface area contributed by atoms with Crippen LogP contribution in [0.2, 0.25) is 0 Å². The van der Waals surface area contributed by atoms with Gasteiger partial charge in [-0.25, -0.2) is 0 Å². The second kappa shape index (κ2) is 14.5. The predicted molar refractivity (Wildman–Crippen MR) is 175 cm³/mol. The minimum atomic E-state index is -1.47. The number of carbonyl (C=O) groups is 4. The third-order valence-corrected chi connectivity index (χ3v) is 10.5. The van der Waals surface area contributed by atoms with Crippen LogP contribution in [0.4, 0.5) is 0 Å². The lowest BCUT2D eigenvalue weighted by atomic mass is 9.77. The van der Waals surface area contributed by atoms with E-state index in [-0.39, 0.29) is 30.8 Å². The zero-order valence-corrected chi connectivity index (χ0v) is 28.0. The van der Waals surface area contributed by atoms with Gasteiger partial charge in [-0.15, -0.1) is 0 Å². The molecule has 1 aromatic carbocycles. The number of nitrogens with one attached hydrogen (secondary N) is 1. The maximum Gasteiger partial charge on any atom is 0.313 e. The second-order valence-corrected chi connectivity index (χ2v) is 13.8. The first-order valence-corrected chi connectivity index (χ1v) is 17.2. The third-order valence-electron chi connectivity index (χ3n) is 10.5. The van der Waals surface area contributed by atoms with Crippen molar-refractivity contribution in [3.05, 3.63) is 60.2 Å². The first-order chi connectivity index (χ1) is 23.2. The molecule has 260 valence electrons. The number of carbonyl (C=O) groups excluding carboxylic acids is 4. The number of nitrogens with zero attached hydrogens (tertiary/aromatic N) is 3. The van der Waals surface area contributed by atoms with Crippen LogP contribution in [-0.4, -0.2) is 126 Å². The number of fused-ring (bicyclic) bond motifs is 2. The number of hydrogen-bond acceptors (Lipinski definition) is 9. The van der Waals surface area contributed by atoms with Gasteiger partial charge < -0.3 is 34.4 Å². The number of likely N-dealkylation sites (tertiary alicyclic amines) is 1. The van der Waals surface area contributed by atoms with E-state index >= 15 is 0 Å². The number of hydrogen-bond donors (Lipinski definition) is 2. The van der Waals surface area contributed by atoms with E-state index in [4.69, 9.17) is 14.2 Å². The van der Waals surface area contributed by atoms with Crippen LogP contribution in [0.3, 0.4) is 0 Å². The first-order valence-electron chi connectivity index (χ1n) is 17.2. The Kier molecular flexibility index (Phi) is 10.4. The number of rotatable bonds is 7. The van der Waals surface area contributed by atoms with Crippen molar-refractivity contribution < 1.29 is 38.5 Å². The SMILES string of the molecule is CC(C)[C@H](CO)N1C(=O)[C@@H]2[C@H]3C(=O)O[C@H](c4ccccc4)[C@@H](C)NC(=O)CC/C=C\[C@H]3O[C@@]23C=CCN(CCN2CCOCC2)C(=O)[C@@H]13. The Balaban J connectivity index is 1.40. The van der Waals surface area contributed by atoms with Gasteiger partial charge in [0.1, 0.15) is 23.7 Å². The summed E-state index contributed by atoms with van der Waals surface area (Å²) in [5.41, 5.74) is -0.764. The number of allylic oxidation sites excluding steroid dienone is 1. The summed E-state index contributed by atoms with van der Waals surface area (Å²) in [7, 11) is 0. The van der Waals surface area contributed by atoms with Gasteiger partial charge in [0.25, 0.3) is 0 Å². The molecule has 3 amide bonds. The second-order valence-electron chi connectivity index (χ2n) is 13.8. The summed E-state index contributed by atoms with van der Waals surface area (Å²) in [6, 6.07) is 6.89. The van der Waals surface area contributed by atoms with Crippen molar-refractivity contribution in [1.29, 1.82) is 0 Å². The number of aliphatic hydroxyl groups excluding tert-OH is 1. The van der Waals surface area contributed by atoms with E-state index < -0.39 is 59.6 Å². The highest BCUT2D eigenvalue weighted by Crippen LogP contribution is 2.54. The van der Waals surface area contributed by atoms with Gasteiger partial charge in [-0.2, -0.15) is 0 Å². The third kappa shape index (κ3) is 6.43. The molecule has 1 aromatic rings. The molecule has 5 heterocycles. The lowest BCUT2D eigenvalue weighted by Gasteiger charge is -2.40. The van der Waals surface area contributed by atoms with Crippen LogP contribution in [0, 0.1) is 17.8 Å². The number of morpholine rings is 1. The van der Waals surface area contributed by atoms with E-state index in [1.807, 2.05) is 50.3 Å². The molecule has 0 aliphatic carbocycles. The smallest absolute Gasteiger partial charge is 0.313 e. The number of amides is 3. The molecule has 5 aliphatic heterocycles. The standard InChI is InChI=1S/C36H48N4O8/c1-23(2)26(22-41)40-32-34(44)39(17-16-38-18-20-46-21-19-38)15-9-14-36(32)30(33(40)43)29-27(48-36)12-7-8-13-28(42)37-24(3)31(47-35(29)45)25-10-5-4-6-11-25/h4-7,9-12,14,23-24,26-27,29-32,41H,8,13,15-22H2,1-3H3,(H,37,42)/b12-7-/t24-,26+,27-,29+,30+,31+,32-,36+/m1/s1. The highest BCUT2D eigenvalue weighted by molar-refractivity contribution is 5.99. The van der Waals surface area contributed by atoms with Gasteiger partial charge in [-0.3, -0.25) is 24.1 Å². The molecule has 0 unspecified atom stereocenters. The van der Waals surface area contributed by atoms with Crippen LogP contribution in [-0.2, 0) is 33.4 Å². The number of aliphatic hydroxyl groups is 1. The van der Waals surface area contributed by atoms with E-state index in [0.29, 0.717) is 44.8 Å². The minimum Gasteiger partial charge on any atom is -0.455 e. The molecule has 3 fully saturated rings. The highest BCUT2D eigenvalue weighted by atomic mass is 16.6. The average molecular weight is 665 g/mol. The summed E-state index contributed by atoms with van der Waals surface area (Å²) in [6.45, 7) is 9.51. The average Bonchev–Trinajstić information content (AvgIpc) is 3.46. The maximum absolute atomic E-state index is 14.8. The fourth-order valence-corrected chi connectivity index (χ4v) is 7.96. The minimum absolute atomic E-state index is 0.173. The number of ether oxygens (including phenoxy) is 3. The van der Waals surface area contributed by atoms with Crippen molar-refractivity contribution >= 4 is 23.7 Å². The van der Waals surface area contributed by atoms with Crippen LogP contribution >= 0.6 is 0 Å². The Morgan fingerprint density at radius 1 is 1.02 bits per heavy atom. The molecular formula is C36H48N4O8. The van der Waals surface area contributed by atoms with Crippen molar-refractivity contribution in [2.24, 2.45) is 17.8 Å². The van der Waals surface area contributed by atoms with Gasteiger partial charge in [0.05, 0.1) is 43.9 Å². The summed E-state index contributed by atoms with van der Waals surface area (Å²) in [5.74, 6) is -3.82. The Labute approximate surface area is 282 Å². The number of esters is 1. The molecule has 3 saturated heterocycles. The Bertz CT molecular complexity index is 1410. The lowest BCUT2D eigenvalue weighted by Crippen LogP contribution is -2.59. The summed E-state index contributed by atoms with van der Waals surface area (Å²) in [4.78, 5) is 62.2. The molecule has 2 N–H and O–H groups in total. The van der Waals surface area contributed by atoms with Gasteiger partial charge in [0, 0.05) is 39.1 Å². The van der Waals surface area contributed by atoms with Crippen LogP contribution in [0.1, 0.15) is 45.3 Å². The van der Waals surface area contributed by atoms with E-state index in [2.05, 4.69) is 10.2 Å². The fraction of sp³-hybridized carbons (Fsp3) is 0.611. The quantitative estimate of drug-likeness (QED) is 0.328. The zero-order chi connectivity index (χ0) is 34.0. The highest BCUT2D eigenvalue weighted by Gasteiger charge is 2.72. The molecule has 0 aromatic heterocycles. The van der Waals surface area contributed by atoms with Crippen LogP contribution in [0.5, 0.6) is 0 Å². The normalized spacial score (nSPS) is 34.4. The van der Waals surface area contributed by atoms with Crippen LogP contribution in [0.25, 0.3) is 0 Å². The summed E-state index contributed by atoms with van der Waals surface area (Å²) >= 11 is 0. The molecule has 0 saturated carbocycles. The molecule has 48 heavy (non-hydrogen) atoms. The molecule has 5 aliphatic rings. The van der Waals surface area contributed by atoms with Gasteiger partial charge in [0.2, 0.25) is 17.7 Å². The van der Waals surface area contributed by atoms with Crippen LogP contribution < -0.4 is 5.32 Å². The van der Waals surface area contributed by atoms with Gasteiger partial charge in [-0.1, -0.05) is 68.5 Å². The summed E-state index contributed by atoms with van der Waals surface area (Å²) in [5, 5.41) is 13.6.